The van der Waals surface area contributed by atoms with Crippen LogP contribution in [-0.2, 0) is 6.54 Å². The van der Waals surface area contributed by atoms with Crippen molar-refractivity contribution in [2.75, 3.05) is 5.32 Å². The minimum atomic E-state index is -0.452. The Bertz CT molecular complexity index is 650. The molecule has 0 spiro atoms. The molecule has 5 heteroatoms. The minimum absolute atomic E-state index is 0.237. The molecular weight excluding hydrogens is 314 g/mol. The maximum Gasteiger partial charge on any atom is 0.137 e. The maximum atomic E-state index is 13.1. The molecule has 0 radical (unpaired) electrons. The van der Waals surface area contributed by atoms with Crippen LogP contribution >= 0.6 is 15.9 Å². The van der Waals surface area contributed by atoms with Gasteiger partial charge in [0, 0.05) is 6.54 Å². The van der Waals surface area contributed by atoms with Gasteiger partial charge in [0.25, 0.3) is 0 Å². The molecule has 2 rings (SSSR count). The topological polar surface area (TPSA) is 35.8 Å². The van der Waals surface area contributed by atoms with Crippen molar-refractivity contribution in [2.24, 2.45) is 0 Å². The first-order valence-corrected chi connectivity index (χ1v) is 6.27. The zero-order valence-electron chi connectivity index (χ0n) is 9.75. The van der Waals surface area contributed by atoms with Gasteiger partial charge in [-0.15, -0.1) is 0 Å². The molecule has 0 amide bonds. The summed E-state index contributed by atoms with van der Waals surface area (Å²) in [6, 6.07) is 10.5. The second kappa shape index (κ2) is 5.81. The molecule has 0 fully saturated rings. The Morgan fingerprint density at radius 1 is 1.16 bits per heavy atom. The molecule has 0 aliphatic heterocycles. The molecule has 0 unspecified atom stereocenters. The third kappa shape index (κ3) is 3.30. The van der Waals surface area contributed by atoms with Crippen molar-refractivity contribution in [1.29, 1.82) is 5.26 Å². The van der Waals surface area contributed by atoms with Gasteiger partial charge < -0.3 is 5.32 Å². The van der Waals surface area contributed by atoms with Crippen LogP contribution in [0.3, 0.4) is 0 Å². The third-order valence-corrected chi connectivity index (χ3v) is 3.18. The molecule has 0 heterocycles. The highest BCUT2D eigenvalue weighted by atomic mass is 79.9. The number of benzene rings is 2. The molecular formula is C14H9BrF2N2. The van der Waals surface area contributed by atoms with E-state index in [1.807, 2.05) is 6.07 Å². The maximum absolute atomic E-state index is 13.1. The summed E-state index contributed by atoms with van der Waals surface area (Å²) in [6.45, 7) is 0.416. The summed E-state index contributed by atoms with van der Waals surface area (Å²) in [5.41, 5.74) is 1.63. The molecule has 2 aromatic rings. The summed E-state index contributed by atoms with van der Waals surface area (Å²) in [5.74, 6) is -0.783. The van der Waals surface area contributed by atoms with Crippen molar-refractivity contribution in [3.05, 3.63) is 63.6 Å². The van der Waals surface area contributed by atoms with Crippen LogP contribution in [0.2, 0.25) is 0 Å². The van der Waals surface area contributed by atoms with Gasteiger partial charge in [-0.2, -0.15) is 5.26 Å². The lowest BCUT2D eigenvalue weighted by Crippen LogP contribution is -2.02. The molecule has 0 saturated carbocycles. The first kappa shape index (κ1) is 13.5. The summed E-state index contributed by atoms with van der Waals surface area (Å²) in [5, 5.41) is 11.9. The van der Waals surface area contributed by atoms with Crippen molar-refractivity contribution in [3.8, 4) is 6.07 Å². The van der Waals surface area contributed by atoms with Gasteiger partial charge >= 0.3 is 0 Å². The lowest BCUT2D eigenvalue weighted by Gasteiger charge is -2.09. The SMILES string of the molecule is N#Cc1cc(F)ccc1NCc1ccc(F)c(Br)c1. The monoisotopic (exact) mass is 322 g/mol. The molecule has 0 aliphatic rings. The van der Waals surface area contributed by atoms with E-state index >= 15 is 0 Å². The number of rotatable bonds is 3. The molecule has 96 valence electrons. The Balaban J connectivity index is 2.14. The fraction of sp³-hybridized carbons (Fsp3) is 0.0714. The molecule has 2 nitrogen and oxygen atoms in total. The lowest BCUT2D eigenvalue weighted by atomic mass is 10.1. The summed E-state index contributed by atoms with van der Waals surface area (Å²) >= 11 is 3.11. The number of nitriles is 1. The van der Waals surface area contributed by atoms with Gasteiger partial charge in [-0.1, -0.05) is 6.07 Å². The van der Waals surface area contributed by atoms with Crippen LogP contribution in [0.25, 0.3) is 0 Å². The van der Waals surface area contributed by atoms with E-state index in [0.29, 0.717) is 16.7 Å². The van der Waals surface area contributed by atoms with Crippen LogP contribution in [-0.4, -0.2) is 0 Å². The fourth-order valence-corrected chi connectivity index (χ4v) is 2.04. The lowest BCUT2D eigenvalue weighted by molar-refractivity contribution is 0.620. The first-order valence-electron chi connectivity index (χ1n) is 5.47. The molecule has 0 atom stereocenters. The van der Waals surface area contributed by atoms with E-state index in [2.05, 4.69) is 21.2 Å². The highest BCUT2D eigenvalue weighted by molar-refractivity contribution is 9.10. The normalized spacial score (nSPS) is 10.0. The summed E-state index contributed by atoms with van der Waals surface area (Å²) < 4.78 is 26.4. The molecule has 2 aromatic carbocycles. The third-order valence-electron chi connectivity index (χ3n) is 2.57. The average molecular weight is 323 g/mol. The van der Waals surface area contributed by atoms with Crippen LogP contribution < -0.4 is 5.32 Å². The number of hydrogen-bond acceptors (Lipinski definition) is 2. The van der Waals surface area contributed by atoms with Crippen molar-refractivity contribution >= 4 is 21.6 Å². The second-order valence-corrected chi connectivity index (χ2v) is 4.76. The van der Waals surface area contributed by atoms with Crippen molar-refractivity contribution in [3.63, 3.8) is 0 Å². The summed E-state index contributed by atoms with van der Waals surface area (Å²) in [4.78, 5) is 0. The van der Waals surface area contributed by atoms with E-state index in [0.717, 1.165) is 5.56 Å². The zero-order valence-corrected chi connectivity index (χ0v) is 11.3. The molecule has 0 aliphatic carbocycles. The minimum Gasteiger partial charge on any atom is -0.380 e. The first-order chi connectivity index (χ1) is 9.10. The number of hydrogen-bond donors (Lipinski definition) is 1. The molecule has 19 heavy (non-hydrogen) atoms. The van der Waals surface area contributed by atoms with Gasteiger partial charge in [0.1, 0.15) is 17.7 Å². The predicted octanol–water partition coefficient (Wildman–Crippen LogP) is 4.21. The van der Waals surface area contributed by atoms with E-state index in [1.54, 1.807) is 12.1 Å². The number of halogens is 3. The van der Waals surface area contributed by atoms with Crippen molar-refractivity contribution in [2.45, 2.75) is 6.54 Å². The van der Waals surface area contributed by atoms with E-state index in [9.17, 15) is 8.78 Å². The van der Waals surface area contributed by atoms with Gasteiger partial charge in [0.15, 0.2) is 0 Å². The molecule has 0 bridgehead atoms. The van der Waals surface area contributed by atoms with Crippen LogP contribution in [0, 0.1) is 23.0 Å². The Kier molecular flexibility index (Phi) is 4.13. The number of nitrogens with zero attached hydrogens (tertiary/aromatic N) is 1. The van der Waals surface area contributed by atoms with Gasteiger partial charge in [-0.3, -0.25) is 0 Å². The fourth-order valence-electron chi connectivity index (χ4n) is 1.61. The predicted molar refractivity (Wildman–Crippen MR) is 72.5 cm³/mol. The molecule has 1 N–H and O–H groups in total. The average Bonchev–Trinajstić information content (AvgIpc) is 2.41. The standard InChI is InChI=1S/C14H9BrF2N2/c15-12-5-9(1-3-13(12)17)8-19-14-4-2-11(16)6-10(14)7-18/h1-6,19H,8H2. The van der Waals surface area contributed by atoms with E-state index in [4.69, 9.17) is 5.26 Å². The van der Waals surface area contributed by atoms with E-state index < -0.39 is 5.82 Å². The van der Waals surface area contributed by atoms with Gasteiger partial charge in [0.05, 0.1) is 15.7 Å². The largest absolute Gasteiger partial charge is 0.380 e. The molecule has 0 saturated heterocycles. The Hall–Kier alpha value is -1.93. The summed E-state index contributed by atoms with van der Waals surface area (Å²) in [7, 11) is 0. The van der Waals surface area contributed by atoms with Gasteiger partial charge in [-0.25, -0.2) is 8.78 Å². The van der Waals surface area contributed by atoms with Gasteiger partial charge in [0.2, 0.25) is 0 Å². The summed E-state index contributed by atoms with van der Waals surface area (Å²) in [6.07, 6.45) is 0. The highest BCUT2D eigenvalue weighted by Crippen LogP contribution is 2.20. The van der Waals surface area contributed by atoms with Crippen molar-refractivity contribution < 1.29 is 8.78 Å². The van der Waals surface area contributed by atoms with Gasteiger partial charge in [-0.05, 0) is 51.8 Å². The van der Waals surface area contributed by atoms with Crippen LogP contribution in [0.5, 0.6) is 0 Å². The Morgan fingerprint density at radius 2 is 1.95 bits per heavy atom. The quantitative estimate of drug-likeness (QED) is 0.918. The zero-order chi connectivity index (χ0) is 13.8. The van der Waals surface area contributed by atoms with Crippen LogP contribution in [0.1, 0.15) is 11.1 Å². The molecule has 0 aromatic heterocycles. The van der Waals surface area contributed by atoms with E-state index in [-0.39, 0.29) is 11.4 Å². The van der Waals surface area contributed by atoms with E-state index in [1.165, 1.54) is 24.3 Å². The Morgan fingerprint density at radius 3 is 2.63 bits per heavy atom. The van der Waals surface area contributed by atoms with Crippen molar-refractivity contribution in [1.82, 2.24) is 0 Å². The Labute approximate surface area is 117 Å². The number of anilines is 1. The highest BCUT2D eigenvalue weighted by Gasteiger charge is 2.04. The van der Waals surface area contributed by atoms with Crippen LogP contribution in [0.15, 0.2) is 40.9 Å². The second-order valence-electron chi connectivity index (χ2n) is 3.90. The van der Waals surface area contributed by atoms with Crippen LogP contribution in [0.4, 0.5) is 14.5 Å². The number of nitrogens with one attached hydrogen (secondary N) is 1. The smallest absolute Gasteiger partial charge is 0.137 e.